The molecule has 0 aliphatic heterocycles. The van der Waals surface area contributed by atoms with Gasteiger partial charge in [0.2, 0.25) is 0 Å². The molecule has 0 aliphatic carbocycles. The summed E-state index contributed by atoms with van der Waals surface area (Å²) in [5.74, 6) is -0.348. The van der Waals surface area contributed by atoms with Crippen molar-refractivity contribution in [2.45, 2.75) is 6.54 Å². The number of pyridine rings is 1. The Bertz CT molecular complexity index is 524. The van der Waals surface area contributed by atoms with E-state index in [1.807, 2.05) is 13.2 Å². The van der Waals surface area contributed by atoms with Crippen molar-refractivity contribution in [1.29, 1.82) is 0 Å². The van der Waals surface area contributed by atoms with Gasteiger partial charge in [-0.1, -0.05) is 0 Å². The maximum Gasteiger partial charge on any atom is 0.141 e. The van der Waals surface area contributed by atoms with E-state index in [0.717, 1.165) is 17.8 Å². The van der Waals surface area contributed by atoms with Crippen LogP contribution in [0.3, 0.4) is 0 Å². The summed E-state index contributed by atoms with van der Waals surface area (Å²) in [5, 5.41) is 7.63. The number of hydrogen-bond donors (Lipinski definition) is 1. The van der Waals surface area contributed by atoms with E-state index in [9.17, 15) is 4.39 Å². The van der Waals surface area contributed by atoms with Gasteiger partial charge in [0, 0.05) is 39.0 Å². The summed E-state index contributed by atoms with van der Waals surface area (Å²) in [6, 6.07) is 3.02. The summed E-state index contributed by atoms with van der Waals surface area (Å²) in [6.07, 6.45) is 3.13. The molecule has 102 valence electrons. The van der Waals surface area contributed by atoms with E-state index in [-0.39, 0.29) is 5.82 Å². The van der Waals surface area contributed by atoms with Crippen molar-refractivity contribution in [3.05, 3.63) is 35.9 Å². The first-order valence-corrected chi connectivity index (χ1v) is 6.05. The van der Waals surface area contributed by atoms with Gasteiger partial charge in [0.05, 0.1) is 18.5 Å². The molecule has 2 aromatic heterocycles. The molecule has 5 nitrogen and oxygen atoms in total. The van der Waals surface area contributed by atoms with Crippen LogP contribution in [0.5, 0.6) is 0 Å². The number of hydrogen-bond acceptors (Lipinski definition) is 4. The van der Waals surface area contributed by atoms with Gasteiger partial charge in [0.25, 0.3) is 0 Å². The Hall–Kier alpha value is -1.79. The molecule has 2 aromatic rings. The average Bonchev–Trinajstić information content (AvgIpc) is 2.77. The second kappa shape index (κ2) is 6.40. The lowest BCUT2D eigenvalue weighted by Gasteiger charge is -2.04. The van der Waals surface area contributed by atoms with Crippen molar-refractivity contribution in [2.75, 3.05) is 20.3 Å². The van der Waals surface area contributed by atoms with Crippen LogP contribution in [-0.2, 0) is 18.3 Å². The van der Waals surface area contributed by atoms with Crippen LogP contribution >= 0.6 is 0 Å². The lowest BCUT2D eigenvalue weighted by molar-refractivity contribution is 0.199. The summed E-state index contributed by atoms with van der Waals surface area (Å²) in [7, 11) is 3.52. The van der Waals surface area contributed by atoms with Gasteiger partial charge >= 0.3 is 0 Å². The molecule has 0 unspecified atom stereocenters. The molecule has 1 N–H and O–H groups in total. The second-order valence-electron chi connectivity index (χ2n) is 4.21. The Morgan fingerprint density at radius 3 is 2.95 bits per heavy atom. The van der Waals surface area contributed by atoms with Crippen LogP contribution < -0.4 is 5.32 Å². The van der Waals surface area contributed by atoms with Gasteiger partial charge in [-0.2, -0.15) is 5.10 Å². The van der Waals surface area contributed by atoms with Gasteiger partial charge in [-0.15, -0.1) is 0 Å². The Balaban J connectivity index is 2.13. The number of rotatable bonds is 6. The quantitative estimate of drug-likeness (QED) is 0.800. The minimum absolute atomic E-state index is 0.348. The molecule has 19 heavy (non-hydrogen) atoms. The van der Waals surface area contributed by atoms with E-state index in [0.29, 0.717) is 18.8 Å². The van der Waals surface area contributed by atoms with Crippen LogP contribution in [0.15, 0.2) is 24.5 Å². The SMILES string of the molecule is COCCNCc1cn(C)nc1-c1ccc(F)cn1. The predicted octanol–water partition coefficient (Wildman–Crippen LogP) is 1.36. The zero-order chi connectivity index (χ0) is 13.7. The van der Waals surface area contributed by atoms with Crippen molar-refractivity contribution >= 4 is 0 Å². The smallest absolute Gasteiger partial charge is 0.141 e. The number of nitrogens with zero attached hydrogens (tertiary/aromatic N) is 3. The van der Waals surface area contributed by atoms with E-state index >= 15 is 0 Å². The van der Waals surface area contributed by atoms with Gasteiger partial charge in [-0.25, -0.2) is 4.39 Å². The van der Waals surface area contributed by atoms with Crippen LogP contribution in [0, 0.1) is 5.82 Å². The van der Waals surface area contributed by atoms with Gasteiger partial charge in [0.15, 0.2) is 0 Å². The van der Waals surface area contributed by atoms with Crippen molar-refractivity contribution in [2.24, 2.45) is 7.05 Å². The Morgan fingerprint density at radius 2 is 2.26 bits per heavy atom. The average molecular weight is 264 g/mol. The van der Waals surface area contributed by atoms with Crippen molar-refractivity contribution in [3.63, 3.8) is 0 Å². The minimum Gasteiger partial charge on any atom is -0.383 e. The number of methoxy groups -OCH3 is 1. The summed E-state index contributed by atoms with van der Waals surface area (Å²) in [6.45, 7) is 2.09. The molecular weight excluding hydrogens is 247 g/mol. The molecule has 0 saturated carbocycles. The fourth-order valence-corrected chi connectivity index (χ4v) is 1.80. The van der Waals surface area contributed by atoms with Crippen LogP contribution in [0.4, 0.5) is 4.39 Å². The summed E-state index contributed by atoms with van der Waals surface area (Å²) >= 11 is 0. The van der Waals surface area contributed by atoms with E-state index in [4.69, 9.17) is 4.74 Å². The van der Waals surface area contributed by atoms with Crippen molar-refractivity contribution < 1.29 is 9.13 Å². The molecule has 0 atom stereocenters. The minimum atomic E-state index is -0.348. The fraction of sp³-hybridized carbons (Fsp3) is 0.385. The second-order valence-corrected chi connectivity index (χ2v) is 4.21. The molecule has 0 amide bonds. The number of ether oxygens (including phenoxy) is 1. The molecular formula is C13H17FN4O. The van der Waals surface area contributed by atoms with Crippen molar-refractivity contribution in [1.82, 2.24) is 20.1 Å². The predicted molar refractivity (Wildman–Crippen MR) is 70.0 cm³/mol. The van der Waals surface area contributed by atoms with E-state index < -0.39 is 0 Å². The van der Waals surface area contributed by atoms with Crippen molar-refractivity contribution in [3.8, 4) is 11.4 Å². The summed E-state index contributed by atoms with van der Waals surface area (Å²) in [5.41, 5.74) is 2.47. The van der Waals surface area contributed by atoms with E-state index in [2.05, 4.69) is 15.4 Å². The highest BCUT2D eigenvalue weighted by Crippen LogP contribution is 2.19. The fourth-order valence-electron chi connectivity index (χ4n) is 1.80. The van der Waals surface area contributed by atoms with E-state index in [1.165, 1.54) is 12.3 Å². The molecule has 0 spiro atoms. The van der Waals surface area contributed by atoms with Gasteiger partial charge < -0.3 is 10.1 Å². The van der Waals surface area contributed by atoms with Gasteiger partial charge in [-0.05, 0) is 12.1 Å². The lowest BCUT2D eigenvalue weighted by atomic mass is 10.2. The number of nitrogens with one attached hydrogen (secondary N) is 1. The first-order chi connectivity index (χ1) is 9.20. The Morgan fingerprint density at radius 1 is 1.42 bits per heavy atom. The van der Waals surface area contributed by atoms with Gasteiger partial charge in [-0.3, -0.25) is 9.67 Å². The Kier molecular flexibility index (Phi) is 4.59. The van der Waals surface area contributed by atoms with Crippen LogP contribution in [0.25, 0.3) is 11.4 Å². The number of aryl methyl sites for hydroxylation is 1. The molecule has 0 aliphatic rings. The molecule has 2 rings (SSSR count). The highest BCUT2D eigenvalue weighted by Gasteiger charge is 2.11. The summed E-state index contributed by atoms with van der Waals surface area (Å²) < 4.78 is 19.6. The van der Waals surface area contributed by atoms with Crippen LogP contribution in [-0.4, -0.2) is 35.0 Å². The zero-order valence-corrected chi connectivity index (χ0v) is 11.1. The highest BCUT2D eigenvalue weighted by molar-refractivity contribution is 5.57. The standard InChI is InChI=1S/C13H17FN4O/c1-18-9-10(7-15-5-6-19-2)13(17-18)12-4-3-11(14)8-16-12/h3-4,8-9,15H,5-7H2,1-2H3. The monoisotopic (exact) mass is 264 g/mol. The summed E-state index contributed by atoms with van der Waals surface area (Å²) in [4.78, 5) is 4.06. The van der Waals surface area contributed by atoms with Crippen LogP contribution in [0.1, 0.15) is 5.56 Å². The van der Waals surface area contributed by atoms with Gasteiger partial charge in [0.1, 0.15) is 11.5 Å². The third-order valence-electron chi connectivity index (χ3n) is 2.67. The lowest BCUT2D eigenvalue weighted by Crippen LogP contribution is -2.18. The molecule has 2 heterocycles. The number of halogens is 1. The maximum absolute atomic E-state index is 12.9. The molecule has 6 heteroatoms. The molecule has 0 aromatic carbocycles. The van der Waals surface area contributed by atoms with E-state index in [1.54, 1.807) is 17.9 Å². The molecule has 0 saturated heterocycles. The topological polar surface area (TPSA) is 52.0 Å². The third kappa shape index (κ3) is 3.59. The molecule has 0 fully saturated rings. The molecule has 0 radical (unpaired) electrons. The number of aromatic nitrogens is 3. The largest absolute Gasteiger partial charge is 0.383 e. The maximum atomic E-state index is 12.9. The first-order valence-electron chi connectivity index (χ1n) is 6.05. The van der Waals surface area contributed by atoms with Crippen LogP contribution in [0.2, 0.25) is 0 Å². The highest BCUT2D eigenvalue weighted by atomic mass is 19.1. The zero-order valence-electron chi connectivity index (χ0n) is 11.1. The molecule has 0 bridgehead atoms. The third-order valence-corrected chi connectivity index (χ3v) is 2.67. The normalized spacial score (nSPS) is 10.9. The first kappa shape index (κ1) is 13.6. The Labute approximate surface area is 111 Å².